The molecule has 0 aromatic rings. The number of hydrogen-bond acceptors (Lipinski definition) is 1. The normalized spacial score (nSPS) is 15.4. The first-order valence-corrected chi connectivity index (χ1v) is 14.1. The maximum absolute atomic E-state index is 10.7. The fourth-order valence-electron chi connectivity index (χ4n) is 2.76. The molecule has 0 aliphatic carbocycles. The Hall–Kier alpha value is -0.0700. The van der Waals surface area contributed by atoms with Gasteiger partial charge in [-0.1, -0.05) is 84.0 Å². The summed E-state index contributed by atoms with van der Waals surface area (Å²) in [6.45, 7) is 4.35. The van der Waals surface area contributed by atoms with Crippen molar-refractivity contribution in [1.82, 2.24) is 0 Å². The van der Waals surface area contributed by atoms with E-state index in [2.05, 4.69) is 19.9 Å². The van der Waals surface area contributed by atoms with Crippen molar-refractivity contribution >= 4 is 16.4 Å². The zero-order valence-corrected chi connectivity index (χ0v) is 19.5. The summed E-state index contributed by atoms with van der Waals surface area (Å²) in [5, 5.41) is 8.72. The first kappa shape index (κ1) is 30.1. The van der Waals surface area contributed by atoms with E-state index in [0.29, 0.717) is 14.2 Å². The van der Waals surface area contributed by atoms with E-state index in [1.807, 2.05) is 0 Å². The Kier molecular flexibility index (Phi) is 16.0. The molecule has 0 N–H and O–H groups in total. The molecule has 0 spiro atoms. The Morgan fingerprint density at radius 2 is 0.964 bits per heavy atom. The van der Waals surface area contributed by atoms with Gasteiger partial charge in [0.2, 0.25) is 0 Å². The number of unbranched alkanes of at least 4 members (excludes halogenated alkanes) is 13. The molecular formula is C19H39F6NP2. The zero-order valence-electron chi connectivity index (χ0n) is 17.4. The van der Waals surface area contributed by atoms with Gasteiger partial charge in [0.1, 0.15) is 11.7 Å². The number of rotatable bonds is 16. The summed E-state index contributed by atoms with van der Waals surface area (Å²) < 4.78 is 59.2. The van der Waals surface area contributed by atoms with Crippen LogP contribution < -0.4 is 0 Å². The first-order valence-electron chi connectivity index (χ1n) is 10.6. The van der Waals surface area contributed by atoms with E-state index >= 15 is 0 Å². The van der Waals surface area contributed by atoms with Crippen molar-refractivity contribution in [2.75, 3.05) is 6.16 Å². The van der Waals surface area contributed by atoms with Crippen LogP contribution in [0.1, 0.15) is 104 Å². The van der Waals surface area contributed by atoms with Crippen molar-refractivity contribution in [2.45, 2.75) is 109 Å². The monoisotopic (exact) mass is 457 g/mol. The molecule has 0 fully saturated rings. The summed E-state index contributed by atoms with van der Waals surface area (Å²) in [5.74, 6) is 0. The molecular weight excluding hydrogens is 418 g/mol. The van der Waals surface area contributed by atoms with E-state index in [4.69, 9.17) is 5.26 Å². The minimum atomic E-state index is -10.7. The number of nitriles is 1. The van der Waals surface area contributed by atoms with E-state index in [9.17, 15) is 25.2 Å². The molecule has 0 saturated carbocycles. The molecule has 0 aromatic carbocycles. The van der Waals surface area contributed by atoms with E-state index in [1.54, 1.807) is 0 Å². The Morgan fingerprint density at radius 3 is 1.25 bits per heavy atom. The third kappa shape index (κ3) is 45.0. The molecule has 28 heavy (non-hydrogen) atoms. The van der Waals surface area contributed by atoms with Gasteiger partial charge in [-0.05, 0) is 19.8 Å². The summed E-state index contributed by atoms with van der Waals surface area (Å²) in [7, 11) is -10.3. The summed E-state index contributed by atoms with van der Waals surface area (Å²) in [6.07, 6.45) is 21.3. The van der Waals surface area contributed by atoms with Gasteiger partial charge < -0.3 is 0 Å². The van der Waals surface area contributed by atoms with Crippen LogP contribution >= 0.6 is 16.4 Å². The number of nitrogens with zero attached hydrogens (tertiary/aromatic N) is 1. The van der Waals surface area contributed by atoms with Crippen LogP contribution in [0.2, 0.25) is 0 Å². The third-order valence-electron chi connectivity index (χ3n) is 4.28. The van der Waals surface area contributed by atoms with Crippen LogP contribution in [0.4, 0.5) is 25.2 Å². The van der Waals surface area contributed by atoms with Crippen LogP contribution in [-0.4, -0.2) is 11.8 Å². The van der Waals surface area contributed by atoms with Crippen molar-refractivity contribution in [3.05, 3.63) is 0 Å². The second kappa shape index (κ2) is 14.8. The predicted molar refractivity (Wildman–Crippen MR) is 114 cm³/mol. The van der Waals surface area contributed by atoms with Gasteiger partial charge in [0.15, 0.2) is 0 Å². The van der Waals surface area contributed by atoms with E-state index in [1.165, 1.54) is 96.1 Å². The molecule has 1 nitrogen and oxygen atoms in total. The predicted octanol–water partition coefficient (Wildman–Crippen LogP) is 10.2. The third-order valence-corrected chi connectivity index (χ3v) is 5.88. The van der Waals surface area contributed by atoms with E-state index < -0.39 is 7.81 Å². The van der Waals surface area contributed by atoms with E-state index in [0.717, 1.165) is 0 Å². The molecule has 2 atom stereocenters. The average Bonchev–Trinajstić information content (AvgIpc) is 2.55. The van der Waals surface area contributed by atoms with Crippen molar-refractivity contribution in [3.63, 3.8) is 0 Å². The Labute approximate surface area is 169 Å². The van der Waals surface area contributed by atoms with Gasteiger partial charge >= 0.3 is 33.0 Å². The molecule has 0 aliphatic heterocycles. The van der Waals surface area contributed by atoms with Crippen LogP contribution in [0.25, 0.3) is 0 Å². The minimum absolute atomic E-state index is 0.340. The van der Waals surface area contributed by atoms with Gasteiger partial charge in [-0.2, -0.15) is 5.26 Å². The first-order chi connectivity index (χ1) is 12.8. The van der Waals surface area contributed by atoms with Gasteiger partial charge in [-0.25, -0.2) is 0 Å². The van der Waals surface area contributed by atoms with Crippen molar-refractivity contribution in [1.29, 1.82) is 5.26 Å². The molecule has 0 bridgehead atoms. The van der Waals surface area contributed by atoms with Crippen LogP contribution in [0.5, 0.6) is 0 Å². The summed E-state index contributed by atoms with van der Waals surface area (Å²) in [5.41, 5.74) is 0.340. The molecule has 0 radical (unpaired) electrons. The Balaban J connectivity index is 0. The number of hydrogen-bond donors (Lipinski definition) is 0. The van der Waals surface area contributed by atoms with Crippen molar-refractivity contribution in [2.24, 2.45) is 0 Å². The van der Waals surface area contributed by atoms with E-state index in [-0.39, 0.29) is 0 Å². The summed E-state index contributed by atoms with van der Waals surface area (Å²) >= 11 is 0. The molecule has 0 heterocycles. The van der Waals surface area contributed by atoms with Crippen LogP contribution in [0.3, 0.4) is 0 Å². The van der Waals surface area contributed by atoms with Gasteiger partial charge in [-0.3, -0.25) is 0 Å². The van der Waals surface area contributed by atoms with Gasteiger partial charge in [0, 0.05) is 8.58 Å². The van der Waals surface area contributed by atoms with Crippen molar-refractivity contribution in [3.8, 4) is 6.07 Å². The Bertz CT molecular complexity index is 394. The van der Waals surface area contributed by atoms with Gasteiger partial charge in [0.25, 0.3) is 0 Å². The SMILES string of the molecule is CCCCCCCCCCCCCCCC[PH2+]C(C)C#N.F[P-](F)(F)(F)(F)F. The zero-order chi connectivity index (χ0) is 22.0. The molecule has 0 amide bonds. The fourth-order valence-corrected chi connectivity index (χ4v) is 3.89. The van der Waals surface area contributed by atoms with Crippen molar-refractivity contribution < 1.29 is 25.2 Å². The Morgan fingerprint density at radius 1 is 0.679 bits per heavy atom. The van der Waals surface area contributed by atoms with Gasteiger partial charge in [0.05, 0.1) is 6.16 Å². The quantitative estimate of drug-likeness (QED) is 0.128. The topological polar surface area (TPSA) is 23.8 Å². The van der Waals surface area contributed by atoms with Gasteiger partial charge in [-0.15, -0.1) is 0 Å². The molecule has 172 valence electrons. The van der Waals surface area contributed by atoms with Crippen LogP contribution in [-0.2, 0) is 0 Å². The molecule has 0 saturated heterocycles. The van der Waals surface area contributed by atoms with Crippen LogP contribution in [0, 0.1) is 11.3 Å². The maximum atomic E-state index is 9.87. The molecule has 2 unspecified atom stereocenters. The molecule has 0 rings (SSSR count). The number of halogens is 6. The molecule has 0 aromatic heterocycles. The average molecular weight is 457 g/mol. The molecule has 9 heteroatoms. The summed E-state index contributed by atoms with van der Waals surface area (Å²) in [6, 6.07) is 2.35. The second-order valence-corrected chi connectivity index (χ2v) is 11.5. The fraction of sp³-hybridized carbons (Fsp3) is 0.947. The molecule has 0 aliphatic rings. The van der Waals surface area contributed by atoms with Crippen LogP contribution in [0.15, 0.2) is 0 Å². The summed E-state index contributed by atoms with van der Waals surface area (Å²) in [4.78, 5) is 0. The second-order valence-electron chi connectivity index (χ2n) is 7.50. The standard InChI is InChI=1S/C19H38NP.F6P/c1-3-4-5-6-7-8-9-10-11-12-13-14-15-16-17-21-19(2)18-20;1-7(2,3,4,5)6/h19,21H,3-17H2,1-2H3;/q;-1/p+1.